The van der Waals surface area contributed by atoms with Crippen LogP contribution in [-0.2, 0) is 17.7 Å². The number of nitrogens with one attached hydrogen (secondary N) is 1. The molecule has 7 heteroatoms. The molecule has 0 spiro atoms. The molecule has 0 radical (unpaired) electrons. The van der Waals surface area contributed by atoms with Crippen molar-refractivity contribution in [3.05, 3.63) is 36.2 Å². The van der Waals surface area contributed by atoms with E-state index in [2.05, 4.69) is 15.5 Å². The normalized spacial score (nSPS) is 11.4. The Balaban J connectivity index is 1.81. The van der Waals surface area contributed by atoms with Gasteiger partial charge in [0.2, 0.25) is 0 Å². The fourth-order valence-electron chi connectivity index (χ4n) is 1.80. The lowest BCUT2D eigenvalue weighted by Crippen LogP contribution is -2.33. The molecule has 1 amide bonds. The van der Waals surface area contributed by atoms with E-state index in [1.165, 1.54) is 0 Å². The predicted octanol–water partition coefficient (Wildman–Crippen LogP) is 1.99. The zero-order chi connectivity index (χ0) is 15.3. The predicted molar refractivity (Wildman–Crippen MR) is 75.8 cm³/mol. The van der Waals surface area contributed by atoms with E-state index in [-0.39, 0.29) is 0 Å². The summed E-state index contributed by atoms with van der Waals surface area (Å²) in [6.45, 7) is 6.55. The van der Waals surface area contributed by atoms with Gasteiger partial charge in [0.25, 0.3) is 0 Å². The number of rotatable bonds is 5. The summed E-state index contributed by atoms with van der Waals surface area (Å²) in [5, 5.41) is 6.40. The van der Waals surface area contributed by atoms with Crippen LogP contribution in [0, 0.1) is 0 Å². The summed E-state index contributed by atoms with van der Waals surface area (Å²) in [5.41, 5.74) is 0.514. The molecule has 21 heavy (non-hydrogen) atoms. The van der Waals surface area contributed by atoms with Gasteiger partial charge in [0.05, 0.1) is 19.1 Å². The van der Waals surface area contributed by atoms with Crippen LogP contribution in [0.1, 0.15) is 32.2 Å². The Morgan fingerprint density at radius 2 is 2.29 bits per heavy atom. The van der Waals surface area contributed by atoms with E-state index in [0.29, 0.717) is 19.5 Å². The van der Waals surface area contributed by atoms with E-state index in [4.69, 9.17) is 9.26 Å². The topological polar surface area (TPSA) is 82.2 Å². The van der Waals surface area contributed by atoms with Gasteiger partial charge in [0.1, 0.15) is 5.60 Å². The molecule has 0 saturated heterocycles. The molecule has 2 aromatic heterocycles. The van der Waals surface area contributed by atoms with Crippen molar-refractivity contribution in [2.45, 2.75) is 39.3 Å². The average molecular weight is 292 g/mol. The first kappa shape index (κ1) is 15.1. The van der Waals surface area contributed by atoms with Gasteiger partial charge in [0, 0.05) is 30.9 Å². The lowest BCUT2D eigenvalue weighted by Gasteiger charge is -2.19. The SMILES string of the molecule is CC(C)(C)OC(=O)NCCc1cncn1Cc1ccno1. The minimum Gasteiger partial charge on any atom is -0.444 e. The Hall–Kier alpha value is -2.31. The summed E-state index contributed by atoms with van der Waals surface area (Å²) in [6, 6.07) is 1.81. The van der Waals surface area contributed by atoms with Gasteiger partial charge in [-0.1, -0.05) is 5.16 Å². The summed E-state index contributed by atoms with van der Waals surface area (Å²) in [6.07, 6.45) is 5.35. The second kappa shape index (κ2) is 6.43. The summed E-state index contributed by atoms with van der Waals surface area (Å²) < 4.78 is 12.2. The van der Waals surface area contributed by atoms with Crippen LogP contribution in [-0.4, -0.2) is 32.9 Å². The monoisotopic (exact) mass is 292 g/mol. The molecule has 0 aromatic carbocycles. The summed E-state index contributed by atoms with van der Waals surface area (Å²) in [5.74, 6) is 0.759. The molecule has 0 bridgehead atoms. The average Bonchev–Trinajstić information content (AvgIpc) is 3.00. The maximum absolute atomic E-state index is 11.5. The molecule has 1 N–H and O–H groups in total. The Labute approximate surface area is 123 Å². The van der Waals surface area contributed by atoms with E-state index in [0.717, 1.165) is 11.5 Å². The second-order valence-electron chi connectivity index (χ2n) is 5.67. The van der Waals surface area contributed by atoms with Crippen LogP contribution < -0.4 is 5.32 Å². The van der Waals surface area contributed by atoms with Crippen molar-refractivity contribution in [3.8, 4) is 0 Å². The molecule has 0 unspecified atom stereocenters. The molecule has 114 valence electrons. The van der Waals surface area contributed by atoms with Gasteiger partial charge in [-0.3, -0.25) is 0 Å². The molecule has 0 aliphatic carbocycles. The van der Waals surface area contributed by atoms with Gasteiger partial charge in [0.15, 0.2) is 5.76 Å². The molecular formula is C14H20N4O3. The van der Waals surface area contributed by atoms with Crippen LogP contribution in [0.2, 0.25) is 0 Å². The van der Waals surface area contributed by atoms with Crippen molar-refractivity contribution in [1.82, 2.24) is 20.0 Å². The summed E-state index contributed by atoms with van der Waals surface area (Å²) in [4.78, 5) is 15.7. The largest absolute Gasteiger partial charge is 0.444 e. The molecule has 0 saturated carbocycles. The fraction of sp³-hybridized carbons (Fsp3) is 0.500. The number of imidazole rings is 1. The van der Waals surface area contributed by atoms with Gasteiger partial charge in [-0.05, 0) is 20.8 Å². The van der Waals surface area contributed by atoms with Gasteiger partial charge >= 0.3 is 6.09 Å². The highest BCUT2D eigenvalue weighted by Crippen LogP contribution is 2.07. The van der Waals surface area contributed by atoms with Crippen LogP contribution in [0.15, 0.2) is 29.3 Å². The number of carbonyl (C=O) groups excluding carboxylic acids is 1. The number of ether oxygens (including phenoxy) is 1. The van der Waals surface area contributed by atoms with Crippen molar-refractivity contribution in [2.24, 2.45) is 0 Å². The third-order valence-corrected chi connectivity index (χ3v) is 2.67. The first-order chi connectivity index (χ1) is 9.94. The van der Waals surface area contributed by atoms with Gasteiger partial charge in [-0.15, -0.1) is 0 Å². The Kier molecular flexibility index (Phi) is 4.62. The number of amides is 1. The number of carbonyl (C=O) groups is 1. The molecule has 0 fully saturated rings. The van der Waals surface area contributed by atoms with Crippen LogP contribution in [0.3, 0.4) is 0 Å². The van der Waals surface area contributed by atoms with Gasteiger partial charge in [-0.25, -0.2) is 9.78 Å². The standard InChI is InChI=1S/C14H20N4O3/c1-14(2,3)20-13(19)16-6-4-11-8-15-10-18(11)9-12-5-7-17-21-12/h5,7-8,10H,4,6,9H2,1-3H3,(H,16,19). The van der Waals surface area contributed by atoms with Crippen LogP contribution in [0.5, 0.6) is 0 Å². The molecule has 2 rings (SSSR count). The molecule has 0 aliphatic heterocycles. The van der Waals surface area contributed by atoms with Crippen molar-refractivity contribution in [1.29, 1.82) is 0 Å². The Bertz CT molecular complexity index is 569. The number of hydrogen-bond donors (Lipinski definition) is 1. The van der Waals surface area contributed by atoms with Crippen molar-refractivity contribution in [2.75, 3.05) is 6.54 Å². The summed E-state index contributed by atoms with van der Waals surface area (Å²) in [7, 11) is 0. The third kappa shape index (κ3) is 4.94. The molecule has 2 aromatic rings. The quantitative estimate of drug-likeness (QED) is 0.911. The van der Waals surface area contributed by atoms with E-state index in [1.54, 1.807) is 18.7 Å². The van der Waals surface area contributed by atoms with Crippen molar-refractivity contribution < 1.29 is 14.1 Å². The van der Waals surface area contributed by atoms with Gasteiger partial charge in [-0.2, -0.15) is 0 Å². The number of nitrogens with zero attached hydrogens (tertiary/aromatic N) is 3. The van der Waals surface area contributed by atoms with E-state index in [1.807, 2.05) is 31.4 Å². The highest BCUT2D eigenvalue weighted by atomic mass is 16.6. The first-order valence-electron chi connectivity index (χ1n) is 6.79. The second-order valence-corrected chi connectivity index (χ2v) is 5.67. The molecule has 2 heterocycles. The zero-order valence-corrected chi connectivity index (χ0v) is 12.5. The Morgan fingerprint density at radius 1 is 1.48 bits per heavy atom. The van der Waals surface area contributed by atoms with E-state index >= 15 is 0 Å². The lowest BCUT2D eigenvalue weighted by molar-refractivity contribution is 0.0528. The van der Waals surface area contributed by atoms with Crippen LogP contribution >= 0.6 is 0 Å². The number of alkyl carbamates (subject to hydrolysis) is 1. The minimum atomic E-state index is -0.488. The molecular weight excluding hydrogens is 272 g/mol. The zero-order valence-electron chi connectivity index (χ0n) is 12.5. The third-order valence-electron chi connectivity index (χ3n) is 2.67. The van der Waals surface area contributed by atoms with Crippen molar-refractivity contribution >= 4 is 6.09 Å². The number of aromatic nitrogens is 3. The fourth-order valence-corrected chi connectivity index (χ4v) is 1.80. The highest BCUT2D eigenvalue weighted by Gasteiger charge is 2.15. The minimum absolute atomic E-state index is 0.413. The van der Waals surface area contributed by atoms with Crippen LogP contribution in [0.4, 0.5) is 4.79 Å². The highest BCUT2D eigenvalue weighted by molar-refractivity contribution is 5.67. The molecule has 0 atom stereocenters. The Morgan fingerprint density at radius 3 is 2.95 bits per heavy atom. The smallest absolute Gasteiger partial charge is 0.407 e. The van der Waals surface area contributed by atoms with E-state index in [9.17, 15) is 4.79 Å². The maximum Gasteiger partial charge on any atom is 0.407 e. The van der Waals surface area contributed by atoms with Crippen LogP contribution in [0.25, 0.3) is 0 Å². The molecule has 7 nitrogen and oxygen atoms in total. The lowest BCUT2D eigenvalue weighted by atomic mass is 10.2. The summed E-state index contributed by atoms with van der Waals surface area (Å²) >= 11 is 0. The van der Waals surface area contributed by atoms with Crippen molar-refractivity contribution in [3.63, 3.8) is 0 Å². The van der Waals surface area contributed by atoms with E-state index < -0.39 is 11.7 Å². The van der Waals surface area contributed by atoms with Gasteiger partial charge < -0.3 is 19.1 Å². The molecule has 0 aliphatic rings. The first-order valence-corrected chi connectivity index (χ1v) is 6.79. The number of hydrogen-bond acceptors (Lipinski definition) is 5. The maximum atomic E-state index is 11.5.